The lowest BCUT2D eigenvalue weighted by atomic mass is 9.92. The SMILES string of the molecule is CN(C)C1CCNc2cccc(C(F)(F)F)c21. The van der Waals surface area contributed by atoms with Crippen LogP contribution in [0.25, 0.3) is 0 Å². The maximum absolute atomic E-state index is 13.0. The topological polar surface area (TPSA) is 15.3 Å². The minimum absolute atomic E-state index is 0.177. The molecule has 1 aromatic rings. The second-order valence-electron chi connectivity index (χ2n) is 4.46. The number of benzene rings is 1. The van der Waals surface area contributed by atoms with E-state index in [4.69, 9.17) is 0 Å². The van der Waals surface area contributed by atoms with E-state index < -0.39 is 11.7 Å². The van der Waals surface area contributed by atoms with Crippen LogP contribution in [0, 0.1) is 0 Å². The number of rotatable bonds is 1. The van der Waals surface area contributed by atoms with Crippen LogP contribution in [-0.4, -0.2) is 25.5 Å². The Balaban J connectivity index is 2.57. The second-order valence-corrected chi connectivity index (χ2v) is 4.46. The molecule has 1 atom stereocenters. The molecule has 2 nitrogen and oxygen atoms in total. The predicted octanol–water partition coefficient (Wildman–Crippen LogP) is 3.12. The van der Waals surface area contributed by atoms with Crippen molar-refractivity contribution in [3.8, 4) is 0 Å². The highest BCUT2D eigenvalue weighted by molar-refractivity contribution is 5.58. The maximum atomic E-state index is 13.0. The lowest BCUT2D eigenvalue weighted by Gasteiger charge is -2.33. The van der Waals surface area contributed by atoms with Crippen LogP contribution < -0.4 is 5.32 Å². The van der Waals surface area contributed by atoms with Crippen LogP contribution in [-0.2, 0) is 6.18 Å². The number of nitrogens with one attached hydrogen (secondary N) is 1. The van der Waals surface area contributed by atoms with Crippen LogP contribution in [0.2, 0.25) is 0 Å². The number of fused-ring (bicyclic) bond motifs is 1. The Hall–Kier alpha value is -1.23. The summed E-state index contributed by atoms with van der Waals surface area (Å²) in [5, 5.41) is 3.03. The molecular weight excluding hydrogens is 229 g/mol. The van der Waals surface area contributed by atoms with E-state index in [-0.39, 0.29) is 6.04 Å². The van der Waals surface area contributed by atoms with E-state index in [1.54, 1.807) is 6.07 Å². The van der Waals surface area contributed by atoms with Gasteiger partial charge in [0.25, 0.3) is 0 Å². The first kappa shape index (κ1) is 12.2. The van der Waals surface area contributed by atoms with Gasteiger partial charge in [0.05, 0.1) is 5.56 Å². The van der Waals surface area contributed by atoms with Gasteiger partial charge in [-0.25, -0.2) is 0 Å². The van der Waals surface area contributed by atoms with E-state index in [9.17, 15) is 13.2 Å². The summed E-state index contributed by atoms with van der Waals surface area (Å²) in [6.07, 6.45) is -3.61. The third kappa shape index (κ3) is 2.24. The number of nitrogens with zero attached hydrogens (tertiary/aromatic N) is 1. The molecule has 1 unspecified atom stereocenters. The Morgan fingerprint density at radius 2 is 2.00 bits per heavy atom. The summed E-state index contributed by atoms with van der Waals surface area (Å²) in [6.45, 7) is 0.706. The highest BCUT2D eigenvalue weighted by Gasteiger charge is 2.37. The molecule has 0 radical (unpaired) electrons. The minimum atomic E-state index is -4.29. The average Bonchev–Trinajstić information content (AvgIpc) is 2.26. The average molecular weight is 244 g/mol. The zero-order chi connectivity index (χ0) is 12.6. The van der Waals surface area contributed by atoms with Gasteiger partial charge in [-0.2, -0.15) is 13.2 Å². The molecule has 94 valence electrons. The zero-order valence-corrected chi connectivity index (χ0v) is 9.80. The summed E-state index contributed by atoms with van der Waals surface area (Å²) in [6, 6.07) is 4.14. The van der Waals surface area contributed by atoms with Gasteiger partial charge in [0.1, 0.15) is 0 Å². The summed E-state index contributed by atoms with van der Waals surface area (Å²) >= 11 is 0. The molecule has 1 heterocycles. The second kappa shape index (κ2) is 4.22. The molecule has 0 aliphatic carbocycles. The number of hydrogen-bond acceptors (Lipinski definition) is 2. The molecule has 5 heteroatoms. The molecule has 17 heavy (non-hydrogen) atoms. The van der Waals surface area contributed by atoms with Crippen molar-refractivity contribution in [1.29, 1.82) is 0 Å². The fraction of sp³-hybridized carbons (Fsp3) is 0.500. The van der Waals surface area contributed by atoms with Gasteiger partial charge in [-0.05, 0) is 32.6 Å². The van der Waals surface area contributed by atoms with E-state index in [1.807, 2.05) is 19.0 Å². The van der Waals surface area contributed by atoms with Gasteiger partial charge in [-0.3, -0.25) is 0 Å². The Labute approximate surface area is 98.4 Å². The van der Waals surface area contributed by atoms with Crippen molar-refractivity contribution in [2.24, 2.45) is 0 Å². The van der Waals surface area contributed by atoms with Crippen LogP contribution in [0.5, 0.6) is 0 Å². The van der Waals surface area contributed by atoms with Crippen molar-refractivity contribution in [2.45, 2.75) is 18.6 Å². The van der Waals surface area contributed by atoms with E-state index >= 15 is 0 Å². The van der Waals surface area contributed by atoms with Crippen molar-refractivity contribution in [2.75, 3.05) is 26.0 Å². The van der Waals surface area contributed by atoms with Gasteiger partial charge in [-0.1, -0.05) is 6.07 Å². The highest BCUT2D eigenvalue weighted by Crippen LogP contribution is 2.42. The molecule has 1 aromatic carbocycles. The first-order valence-electron chi connectivity index (χ1n) is 5.51. The summed E-state index contributed by atoms with van der Waals surface area (Å²) < 4.78 is 38.9. The third-order valence-electron chi connectivity index (χ3n) is 3.10. The van der Waals surface area contributed by atoms with Crippen molar-refractivity contribution >= 4 is 5.69 Å². The molecule has 2 rings (SSSR count). The van der Waals surface area contributed by atoms with Crippen molar-refractivity contribution < 1.29 is 13.2 Å². The van der Waals surface area contributed by atoms with Gasteiger partial charge in [0, 0.05) is 23.8 Å². The molecule has 0 bridgehead atoms. The summed E-state index contributed by atoms with van der Waals surface area (Å²) in [7, 11) is 3.62. The van der Waals surface area contributed by atoms with Crippen LogP contribution in [0.3, 0.4) is 0 Å². The standard InChI is InChI=1S/C12H15F3N2/c1-17(2)10-6-7-16-9-5-3-4-8(11(9)10)12(13,14)15/h3-5,10,16H,6-7H2,1-2H3. The number of anilines is 1. The summed E-state index contributed by atoms with van der Waals surface area (Å²) in [5.41, 5.74) is 0.446. The Morgan fingerprint density at radius 3 is 2.59 bits per heavy atom. The predicted molar refractivity (Wildman–Crippen MR) is 61.0 cm³/mol. The Bertz CT molecular complexity index is 413. The minimum Gasteiger partial charge on any atom is -0.385 e. The Kier molecular flexibility index (Phi) is 3.03. The zero-order valence-electron chi connectivity index (χ0n) is 9.80. The molecular formula is C12H15F3N2. The van der Waals surface area contributed by atoms with E-state index in [0.29, 0.717) is 24.2 Å². The van der Waals surface area contributed by atoms with Gasteiger partial charge in [0.15, 0.2) is 0 Å². The lowest BCUT2D eigenvalue weighted by Crippen LogP contribution is -2.30. The molecule has 0 saturated carbocycles. The quantitative estimate of drug-likeness (QED) is 0.816. The van der Waals surface area contributed by atoms with Crippen molar-refractivity contribution in [1.82, 2.24) is 4.90 Å². The highest BCUT2D eigenvalue weighted by atomic mass is 19.4. The fourth-order valence-corrected chi connectivity index (χ4v) is 2.33. The normalized spacial score (nSPS) is 20.0. The number of alkyl halides is 3. The van der Waals surface area contributed by atoms with Crippen LogP contribution >= 0.6 is 0 Å². The van der Waals surface area contributed by atoms with Gasteiger partial charge in [-0.15, -0.1) is 0 Å². The van der Waals surface area contributed by atoms with Crippen molar-refractivity contribution in [3.05, 3.63) is 29.3 Å². The van der Waals surface area contributed by atoms with Gasteiger partial charge >= 0.3 is 6.18 Å². The fourth-order valence-electron chi connectivity index (χ4n) is 2.33. The molecule has 1 N–H and O–H groups in total. The molecule has 0 spiro atoms. The monoisotopic (exact) mass is 244 g/mol. The lowest BCUT2D eigenvalue weighted by molar-refractivity contribution is -0.138. The molecule has 1 aliphatic heterocycles. The third-order valence-corrected chi connectivity index (χ3v) is 3.10. The van der Waals surface area contributed by atoms with E-state index in [0.717, 1.165) is 6.07 Å². The van der Waals surface area contributed by atoms with Crippen molar-refractivity contribution in [3.63, 3.8) is 0 Å². The molecule has 0 aromatic heterocycles. The first-order valence-corrected chi connectivity index (χ1v) is 5.51. The molecule has 0 saturated heterocycles. The van der Waals surface area contributed by atoms with Gasteiger partial charge < -0.3 is 10.2 Å². The van der Waals surface area contributed by atoms with Crippen LogP contribution in [0.1, 0.15) is 23.6 Å². The Morgan fingerprint density at radius 1 is 1.29 bits per heavy atom. The number of hydrogen-bond donors (Lipinski definition) is 1. The number of halogens is 3. The maximum Gasteiger partial charge on any atom is 0.416 e. The molecule has 1 aliphatic rings. The molecule has 0 fully saturated rings. The van der Waals surface area contributed by atoms with Crippen LogP contribution in [0.15, 0.2) is 18.2 Å². The summed E-state index contributed by atoms with van der Waals surface area (Å²) in [4.78, 5) is 1.84. The molecule has 0 amide bonds. The van der Waals surface area contributed by atoms with Gasteiger partial charge in [0.2, 0.25) is 0 Å². The largest absolute Gasteiger partial charge is 0.416 e. The smallest absolute Gasteiger partial charge is 0.385 e. The van der Waals surface area contributed by atoms with Crippen LogP contribution in [0.4, 0.5) is 18.9 Å². The van der Waals surface area contributed by atoms with E-state index in [2.05, 4.69) is 5.32 Å². The first-order chi connectivity index (χ1) is 7.91. The van der Waals surface area contributed by atoms with E-state index in [1.165, 1.54) is 6.07 Å². The summed E-state index contributed by atoms with van der Waals surface area (Å²) in [5.74, 6) is 0.